The second-order valence-electron chi connectivity index (χ2n) is 5.59. The molecule has 4 nitrogen and oxygen atoms in total. The summed E-state index contributed by atoms with van der Waals surface area (Å²) in [6.07, 6.45) is 5.50. The van der Waals surface area contributed by atoms with E-state index in [4.69, 9.17) is 0 Å². The van der Waals surface area contributed by atoms with Crippen LogP contribution >= 0.6 is 15.9 Å². The van der Waals surface area contributed by atoms with Crippen LogP contribution < -0.4 is 10.6 Å². The highest BCUT2D eigenvalue weighted by Gasteiger charge is 2.17. The van der Waals surface area contributed by atoms with Crippen molar-refractivity contribution in [3.05, 3.63) is 28.2 Å². The van der Waals surface area contributed by atoms with E-state index in [2.05, 4.69) is 26.6 Å². The van der Waals surface area contributed by atoms with E-state index in [0.29, 0.717) is 0 Å². The SMILES string of the molecule is Cc1cc(Br)ccc1NC(=O)CC(=O)NC1CCCCC1. The van der Waals surface area contributed by atoms with E-state index in [1.807, 2.05) is 25.1 Å². The Hall–Kier alpha value is -1.36. The van der Waals surface area contributed by atoms with Crippen LogP contribution in [0.3, 0.4) is 0 Å². The molecule has 114 valence electrons. The van der Waals surface area contributed by atoms with Crippen molar-refractivity contribution >= 4 is 33.4 Å². The van der Waals surface area contributed by atoms with Crippen LogP contribution in [0.2, 0.25) is 0 Å². The predicted molar refractivity (Wildman–Crippen MR) is 87.1 cm³/mol. The zero-order valence-corrected chi connectivity index (χ0v) is 13.8. The molecule has 2 N–H and O–H groups in total. The second-order valence-corrected chi connectivity index (χ2v) is 6.50. The third kappa shape index (κ3) is 5.16. The van der Waals surface area contributed by atoms with Crippen LogP contribution in [0.25, 0.3) is 0 Å². The van der Waals surface area contributed by atoms with Gasteiger partial charge < -0.3 is 10.6 Å². The number of halogens is 1. The minimum Gasteiger partial charge on any atom is -0.353 e. The van der Waals surface area contributed by atoms with Crippen LogP contribution in [-0.4, -0.2) is 17.9 Å². The zero-order chi connectivity index (χ0) is 15.2. The molecule has 0 spiro atoms. The van der Waals surface area contributed by atoms with Crippen molar-refractivity contribution in [3.63, 3.8) is 0 Å². The average Bonchev–Trinajstić information content (AvgIpc) is 2.43. The molecule has 1 aromatic carbocycles. The van der Waals surface area contributed by atoms with Crippen LogP contribution in [-0.2, 0) is 9.59 Å². The van der Waals surface area contributed by atoms with Gasteiger partial charge in [-0.3, -0.25) is 9.59 Å². The molecule has 0 unspecified atom stereocenters. The normalized spacial score (nSPS) is 15.5. The van der Waals surface area contributed by atoms with Gasteiger partial charge in [0.2, 0.25) is 11.8 Å². The van der Waals surface area contributed by atoms with E-state index in [-0.39, 0.29) is 24.3 Å². The van der Waals surface area contributed by atoms with Gasteiger partial charge in [0.25, 0.3) is 0 Å². The maximum atomic E-state index is 11.9. The number of hydrogen-bond donors (Lipinski definition) is 2. The van der Waals surface area contributed by atoms with E-state index < -0.39 is 0 Å². The van der Waals surface area contributed by atoms with Crippen LogP contribution in [0.4, 0.5) is 5.69 Å². The Morgan fingerprint density at radius 3 is 2.57 bits per heavy atom. The maximum Gasteiger partial charge on any atom is 0.233 e. The molecule has 1 aromatic rings. The number of rotatable bonds is 4. The lowest BCUT2D eigenvalue weighted by atomic mass is 9.95. The Morgan fingerprint density at radius 2 is 1.90 bits per heavy atom. The third-order valence-corrected chi connectivity index (χ3v) is 4.25. The lowest BCUT2D eigenvalue weighted by Gasteiger charge is -2.22. The third-order valence-electron chi connectivity index (χ3n) is 3.75. The molecule has 5 heteroatoms. The Labute approximate surface area is 133 Å². The zero-order valence-electron chi connectivity index (χ0n) is 12.2. The van der Waals surface area contributed by atoms with Gasteiger partial charge in [0.05, 0.1) is 0 Å². The van der Waals surface area contributed by atoms with Gasteiger partial charge in [-0.25, -0.2) is 0 Å². The van der Waals surface area contributed by atoms with Crippen molar-refractivity contribution in [1.29, 1.82) is 0 Å². The minimum absolute atomic E-state index is 0.119. The molecule has 0 heterocycles. The van der Waals surface area contributed by atoms with E-state index in [9.17, 15) is 9.59 Å². The number of benzene rings is 1. The lowest BCUT2D eigenvalue weighted by molar-refractivity contribution is -0.127. The number of amides is 2. The molecular formula is C16H21BrN2O2. The summed E-state index contributed by atoms with van der Waals surface area (Å²) in [6.45, 7) is 1.92. The van der Waals surface area contributed by atoms with Gasteiger partial charge in [-0.1, -0.05) is 35.2 Å². The van der Waals surface area contributed by atoms with Crippen LogP contribution in [0, 0.1) is 6.92 Å². The Balaban J connectivity index is 1.81. The van der Waals surface area contributed by atoms with E-state index in [1.165, 1.54) is 6.42 Å². The molecule has 2 amide bonds. The van der Waals surface area contributed by atoms with Crippen molar-refractivity contribution < 1.29 is 9.59 Å². The van der Waals surface area contributed by atoms with Gasteiger partial charge in [-0.2, -0.15) is 0 Å². The first-order valence-corrected chi connectivity index (χ1v) is 8.19. The summed E-state index contributed by atoms with van der Waals surface area (Å²) in [5.74, 6) is -0.456. The highest BCUT2D eigenvalue weighted by Crippen LogP contribution is 2.20. The van der Waals surface area contributed by atoms with E-state index >= 15 is 0 Å². The lowest BCUT2D eigenvalue weighted by Crippen LogP contribution is -2.37. The van der Waals surface area contributed by atoms with Crippen molar-refractivity contribution in [2.75, 3.05) is 5.32 Å². The van der Waals surface area contributed by atoms with Gasteiger partial charge in [0, 0.05) is 16.2 Å². The van der Waals surface area contributed by atoms with E-state index in [0.717, 1.165) is 41.4 Å². The topological polar surface area (TPSA) is 58.2 Å². The number of anilines is 1. The fourth-order valence-corrected chi connectivity index (χ4v) is 3.11. The highest BCUT2D eigenvalue weighted by atomic mass is 79.9. The Kier molecular flexibility index (Phi) is 5.79. The fourth-order valence-electron chi connectivity index (χ4n) is 2.63. The fraction of sp³-hybridized carbons (Fsp3) is 0.500. The molecule has 1 saturated carbocycles. The van der Waals surface area contributed by atoms with E-state index in [1.54, 1.807) is 0 Å². The molecule has 2 rings (SSSR count). The molecule has 1 aliphatic rings. The molecule has 0 bridgehead atoms. The summed E-state index contributed by atoms with van der Waals surface area (Å²) in [6, 6.07) is 5.87. The molecule has 0 aliphatic heterocycles. The van der Waals surface area contributed by atoms with Gasteiger partial charge >= 0.3 is 0 Å². The standard InChI is InChI=1S/C16H21BrN2O2/c1-11-9-12(17)7-8-14(11)19-16(21)10-15(20)18-13-5-3-2-4-6-13/h7-9,13H,2-6,10H2,1H3,(H,18,20)(H,19,21). The van der Waals surface area contributed by atoms with Crippen LogP contribution in [0.15, 0.2) is 22.7 Å². The number of carbonyl (C=O) groups is 2. The predicted octanol–water partition coefficient (Wildman–Crippen LogP) is 3.54. The molecule has 0 aromatic heterocycles. The smallest absolute Gasteiger partial charge is 0.233 e. The minimum atomic E-state index is -0.270. The molecule has 0 atom stereocenters. The van der Waals surface area contributed by atoms with Gasteiger partial charge in [0.15, 0.2) is 0 Å². The first-order valence-electron chi connectivity index (χ1n) is 7.40. The average molecular weight is 353 g/mol. The van der Waals surface area contributed by atoms with Gasteiger partial charge in [-0.15, -0.1) is 0 Å². The van der Waals surface area contributed by atoms with Gasteiger partial charge in [0.1, 0.15) is 6.42 Å². The molecule has 1 aliphatic carbocycles. The summed E-state index contributed by atoms with van der Waals surface area (Å²) < 4.78 is 0.966. The molecule has 0 saturated heterocycles. The summed E-state index contributed by atoms with van der Waals surface area (Å²) in [4.78, 5) is 23.8. The quantitative estimate of drug-likeness (QED) is 0.814. The first-order chi connectivity index (χ1) is 10.0. The highest BCUT2D eigenvalue weighted by molar-refractivity contribution is 9.10. The Bertz CT molecular complexity index is 525. The number of aryl methyl sites for hydroxylation is 1. The van der Waals surface area contributed by atoms with Crippen molar-refractivity contribution in [2.24, 2.45) is 0 Å². The Morgan fingerprint density at radius 1 is 1.19 bits per heavy atom. The van der Waals surface area contributed by atoms with Crippen molar-refractivity contribution in [1.82, 2.24) is 5.32 Å². The monoisotopic (exact) mass is 352 g/mol. The number of nitrogens with one attached hydrogen (secondary N) is 2. The molecular weight excluding hydrogens is 332 g/mol. The molecule has 1 fully saturated rings. The molecule has 21 heavy (non-hydrogen) atoms. The van der Waals surface area contributed by atoms with Gasteiger partial charge in [-0.05, 0) is 43.5 Å². The largest absolute Gasteiger partial charge is 0.353 e. The van der Waals surface area contributed by atoms with Crippen molar-refractivity contribution in [2.45, 2.75) is 51.5 Å². The first kappa shape index (κ1) is 16.0. The summed E-state index contributed by atoms with van der Waals surface area (Å²) in [7, 11) is 0. The number of hydrogen-bond acceptors (Lipinski definition) is 2. The summed E-state index contributed by atoms with van der Waals surface area (Å²) in [5, 5.41) is 5.74. The second kappa shape index (κ2) is 7.59. The summed E-state index contributed by atoms with van der Waals surface area (Å²) >= 11 is 3.38. The number of carbonyl (C=O) groups excluding carboxylic acids is 2. The van der Waals surface area contributed by atoms with Crippen molar-refractivity contribution in [3.8, 4) is 0 Å². The molecule has 0 radical (unpaired) electrons. The maximum absolute atomic E-state index is 11.9. The van der Waals surface area contributed by atoms with Crippen LogP contribution in [0.5, 0.6) is 0 Å². The summed E-state index contributed by atoms with van der Waals surface area (Å²) in [5.41, 5.74) is 1.71. The van der Waals surface area contributed by atoms with Crippen LogP contribution in [0.1, 0.15) is 44.1 Å².